The van der Waals surface area contributed by atoms with Crippen LogP contribution in [0.1, 0.15) is 201 Å². The Morgan fingerprint density at radius 1 is 0.554 bits per heavy atom. The second-order valence-corrected chi connectivity index (χ2v) is 19.7. The van der Waals surface area contributed by atoms with Crippen LogP contribution >= 0.6 is 7.82 Å². The van der Waals surface area contributed by atoms with E-state index in [-0.39, 0.29) is 31.3 Å². The van der Waals surface area contributed by atoms with Crippen molar-refractivity contribution in [2.24, 2.45) is 0 Å². The molecule has 0 aliphatic carbocycles. The maximum Gasteiger partial charge on any atom is 0.306 e. The van der Waals surface area contributed by atoms with Crippen LogP contribution in [-0.4, -0.2) is 69.4 Å². The number of nitrogens with one attached hydrogen (secondary N) is 1. The zero-order valence-corrected chi connectivity index (χ0v) is 43.3. The highest BCUT2D eigenvalue weighted by molar-refractivity contribution is 7.45. The standard InChI is InChI=1S/C55H97N2O7P/c1-7-10-13-16-19-22-25-27-28-29-30-33-35-38-41-44-47-54(58)56-52(51-63-65(60,61)62-50-49-57(4,5)6)53(46-43-40-37-34-32-26-23-20-17-14-11-8-2)64-55(59)48-45-42-39-36-31-24-21-18-15-12-9-3/h10,13,18-19,21-22,27-28,30,33,38,41,43,46,52-53H,7-9,11-12,14-17,20,23-26,29,31-32,34-37,39-40,42,44-45,47-51H2,1-6H3,(H-,56,58,60,61)/b13-10+,21-18-,22-19+,28-27+,33-30+,41-38+,46-43-. The van der Waals surface area contributed by atoms with Crippen molar-refractivity contribution >= 4 is 19.7 Å². The summed E-state index contributed by atoms with van der Waals surface area (Å²) in [6.07, 6.45) is 57.1. The number of esters is 1. The highest BCUT2D eigenvalue weighted by Crippen LogP contribution is 2.38. The smallest absolute Gasteiger partial charge is 0.306 e. The van der Waals surface area contributed by atoms with Gasteiger partial charge in [-0.15, -0.1) is 0 Å². The first kappa shape index (κ1) is 62.2. The summed E-state index contributed by atoms with van der Waals surface area (Å²) in [5.41, 5.74) is 0. The summed E-state index contributed by atoms with van der Waals surface area (Å²) in [5, 5.41) is 2.95. The van der Waals surface area contributed by atoms with Crippen molar-refractivity contribution in [2.45, 2.75) is 213 Å². The Kier molecular flexibility index (Phi) is 43.1. The molecule has 0 saturated heterocycles. The lowest BCUT2D eigenvalue weighted by molar-refractivity contribution is -0.870. The number of hydrogen-bond acceptors (Lipinski definition) is 7. The van der Waals surface area contributed by atoms with Crippen LogP contribution in [0.4, 0.5) is 0 Å². The number of rotatable bonds is 45. The predicted molar refractivity (Wildman–Crippen MR) is 274 cm³/mol. The Morgan fingerprint density at radius 2 is 1.02 bits per heavy atom. The van der Waals surface area contributed by atoms with Crippen LogP contribution in [-0.2, 0) is 27.9 Å². The van der Waals surface area contributed by atoms with Crippen molar-refractivity contribution in [3.05, 3.63) is 85.1 Å². The van der Waals surface area contributed by atoms with E-state index in [9.17, 15) is 19.0 Å². The Labute approximate surface area is 399 Å². The molecule has 0 rings (SSSR count). The van der Waals surface area contributed by atoms with Gasteiger partial charge in [-0.3, -0.25) is 14.2 Å². The van der Waals surface area contributed by atoms with Crippen LogP contribution in [0, 0.1) is 0 Å². The molecule has 0 saturated carbocycles. The van der Waals surface area contributed by atoms with Gasteiger partial charge in [0, 0.05) is 12.8 Å². The average Bonchev–Trinajstić information content (AvgIpc) is 3.26. The second-order valence-electron chi connectivity index (χ2n) is 18.3. The van der Waals surface area contributed by atoms with Gasteiger partial charge in [-0.25, -0.2) is 0 Å². The average molecular weight is 929 g/mol. The van der Waals surface area contributed by atoms with Gasteiger partial charge >= 0.3 is 5.97 Å². The highest BCUT2D eigenvalue weighted by atomic mass is 31.2. The molecule has 0 radical (unpaired) electrons. The van der Waals surface area contributed by atoms with Crippen LogP contribution in [0.15, 0.2) is 85.1 Å². The van der Waals surface area contributed by atoms with Crippen molar-refractivity contribution in [2.75, 3.05) is 40.9 Å². The Morgan fingerprint density at radius 3 is 1.55 bits per heavy atom. The SMILES string of the molecule is CC/C=C/C/C=C/C/C=C/C/C=C/C/C=C/CCC(=O)NC(COP(=O)([O-])OCC[N+](C)(C)C)C(/C=C\CCCCCCCCCCCC)OC(=O)CCCCCCC/C=C\CCCC. The van der Waals surface area contributed by atoms with E-state index < -0.39 is 26.6 Å². The number of phosphoric ester groups is 1. The molecule has 0 bridgehead atoms. The lowest BCUT2D eigenvalue weighted by Gasteiger charge is -2.30. The zero-order valence-electron chi connectivity index (χ0n) is 42.4. The number of carbonyl (C=O) groups excluding carboxylic acids is 2. The topological polar surface area (TPSA) is 114 Å². The molecular weight excluding hydrogens is 832 g/mol. The molecule has 0 aliphatic heterocycles. The minimum absolute atomic E-state index is 0.0403. The summed E-state index contributed by atoms with van der Waals surface area (Å²) >= 11 is 0. The molecule has 10 heteroatoms. The largest absolute Gasteiger partial charge is 0.756 e. The Balaban J connectivity index is 5.57. The van der Waals surface area contributed by atoms with Gasteiger partial charge in [0.1, 0.15) is 19.3 Å². The van der Waals surface area contributed by atoms with Crippen molar-refractivity contribution in [1.82, 2.24) is 5.32 Å². The summed E-state index contributed by atoms with van der Waals surface area (Å²) in [4.78, 5) is 39.6. The van der Waals surface area contributed by atoms with Gasteiger partial charge in [-0.1, -0.05) is 190 Å². The first-order valence-corrected chi connectivity index (χ1v) is 27.4. The zero-order chi connectivity index (χ0) is 48.0. The van der Waals surface area contributed by atoms with Crippen LogP contribution in [0.5, 0.6) is 0 Å². The summed E-state index contributed by atoms with van der Waals surface area (Å²) in [5.74, 6) is -0.657. The number of phosphoric acid groups is 1. The number of carbonyl (C=O) groups is 2. The molecule has 65 heavy (non-hydrogen) atoms. The highest BCUT2D eigenvalue weighted by Gasteiger charge is 2.27. The Hall–Kier alpha value is -2.81. The fourth-order valence-corrected chi connectivity index (χ4v) is 7.50. The third-order valence-electron chi connectivity index (χ3n) is 10.8. The fraction of sp³-hybridized carbons (Fsp3) is 0.709. The van der Waals surface area contributed by atoms with E-state index in [2.05, 4.69) is 86.8 Å². The summed E-state index contributed by atoms with van der Waals surface area (Å²) < 4.78 is 30.0. The molecule has 0 aromatic rings. The van der Waals surface area contributed by atoms with E-state index in [1.165, 1.54) is 64.2 Å². The quantitative estimate of drug-likeness (QED) is 0.0213. The number of allylic oxidation sites excluding steroid dienone is 13. The molecule has 0 heterocycles. The van der Waals surface area contributed by atoms with Crippen LogP contribution in [0.25, 0.3) is 0 Å². The molecule has 374 valence electrons. The van der Waals surface area contributed by atoms with E-state index in [1.807, 2.05) is 39.4 Å². The van der Waals surface area contributed by atoms with Gasteiger partial charge < -0.3 is 28.5 Å². The van der Waals surface area contributed by atoms with Crippen LogP contribution < -0.4 is 10.2 Å². The number of hydrogen-bond donors (Lipinski definition) is 1. The van der Waals surface area contributed by atoms with Gasteiger partial charge in [0.25, 0.3) is 7.82 Å². The normalized spacial score (nSPS) is 14.6. The first-order valence-electron chi connectivity index (χ1n) is 25.9. The third kappa shape index (κ3) is 46.1. The van der Waals surface area contributed by atoms with E-state index in [0.29, 0.717) is 23.9 Å². The van der Waals surface area contributed by atoms with Crippen molar-refractivity contribution in [3.63, 3.8) is 0 Å². The number of quaternary nitrogens is 1. The molecule has 3 atom stereocenters. The van der Waals surface area contributed by atoms with Gasteiger partial charge in [-0.2, -0.15) is 0 Å². The number of amides is 1. The molecule has 9 nitrogen and oxygen atoms in total. The maximum atomic E-state index is 13.4. The van der Waals surface area contributed by atoms with Gasteiger partial charge in [0.05, 0.1) is 33.8 Å². The molecule has 0 aromatic heterocycles. The minimum atomic E-state index is -4.71. The predicted octanol–water partition coefficient (Wildman–Crippen LogP) is 14.5. The maximum absolute atomic E-state index is 13.4. The monoisotopic (exact) mass is 929 g/mol. The number of ether oxygens (including phenoxy) is 1. The van der Waals surface area contributed by atoms with Gasteiger partial charge in [0.15, 0.2) is 0 Å². The van der Waals surface area contributed by atoms with Crippen molar-refractivity contribution in [3.8, 4) is 0 Å². The van der Waals surface area contributed by atoms with Crippen molar-refractivity contribution in [1.29, 1.82) is 0 Å². The molecule has 1 amide bonds. The number of unbranched alkanes of at least 4 members (excludes halogenated alkanes) is 17. The summed E-state index contributed by atoms with van der Waals surface area (Å²) in [7, 11) is 1.12. The first-order chi connectivity index (χ1) is 31.4. The van der Waals surface area contributed by atoms with Gasteiger partial charge in [0.2, 0.25) is 5.91 Å². The van der Waals surface area contributed by atoms with Crippen molar-refractivity contribution < 1.29 is 37.3 Å². The number of likely N-dealkylation sites (N-methyl/N-ethyl adjacent to an activating group) is 1. The molecule has 0 aromatic carbocycles. The number of nitrogens with zero attached hydrogens (tertiary/aromatic N) is 1. The lowest BCUT2D eigenvalue weighted by Crippen LogP contribution is -2.47. The summed E-state index contributed by atoms with van der Waals surface area (Å²) in [6, 6.07) is -0.932. The minimum Gasteiger partial charge on any atom is -0.756 e. The molecule has 0 aliphatic rings. The summed E-state index contributed by atoms with van der Waals surface area (Å²) in [6.45, 7) is 6.59. The van der Waals surface area contributed by atoms with E-state index >= 15 is 0 Å². The molecule has 3 unspecified atom stereocenters. The Bertz CT molecular complexity index is 1390. The molecule has 1 N–H and O–H groups in total. The molecular formula is C55H97N2O7P. The van der Waals surface area contributed by atoms with Crippen LogP contribution in [0.3, 0.4) is 0 Å². The van der Waals surface area contributed by atoms with E-state index in [1.54, 1.807) is 6.08 Å². The van der Waals surface area contributed by atoms with Gasteiger partial charge in [-0.05, 0) is 83.1 Å². The molecule has 0 fully saturated rings. The van der Waals surface area contributed by atoms with E-state index in [0.717, 1.165) is 89.9 Å². The molecule has 0 spiro atoms. The lowest BCUT2D eigenvalue weighted by atomic mass is 10.1. The van der Waals surface area contributed by atoms with Crippen LogP contribution in [0.2, 0.25) is 0 Å². The van der Waals surface area contributed by atoms with E-state index in [4.69, 9.17) is 13.8 Å². The third-order valence-corrected chi connectivity index (χ3v) is 11.8. The second kappa shape index (κ2) is 45.0. The fourth-order valence-electron chi connectivity index (χ4n) is 6.78.